The summed E-state index contributed by atoms with van der Waals surface area (Å²) in [6.45, 7) is 1.82. The first-order valence-electron chi connectivity index (χ1n) is 3.91. The fourth-order valence-electron chi connectivity index (χ4n) is 1.42. The molecule has 0 amide bonds. The number of hydrogen-bond donors (Lipinski definition) is 0. The Morgan fingerprint density at radius 1 is 1.33 bits per heavy atom. The number of fused-ring (bicyclic) bond motifs is 1. The minimum atomic E-state index is -1.25. The third-order valence-electron chi connectivity index (χ3n) is 2.01. The number of hydrogen-bond acceptors (Lipinski definition) is 2. The molecule has 0 saturated carbocycles. The quantitative estimate of drug-likeness (QED) is 0.306. The van der Waals surface area contributed by atoms with Crippen molar-refractivity contribution in [3.63, 3.8) is 0 Å². The Hall–Kier alpha value is -0.575. The van der Waals surface area contributed by atoms with Crippen LogP contribution in [0.25, 0.3) is 10.9 Å². The molecule has 0 N–H and O–H groups in total. The SMILES string of the molecule is Cc1[c-]n(C(=O)[O-])c2ccccc12.[Li+].[Li+]. The van der Waals surface area contributed by atoms with Crippen molar-refractivity contribution in [2.45, 2.75) is 6.92 Å². The number of carbonyl (C=O) groups is 1. The third kappa shape index (κ3) is 2.51. The Kier molecular flexibility index (Phi) is 5.28. The van der Waals surface area contributed by atoms with Gasteiger partial charge in [0.25, 0.3) is 0 Å². The molecule has 0 fully saturated rings. The second-order valence-electron chi connectivity index (χ2n) is 2.86. The second kappa shape index (κ2) is 5.49. The molecule has 1 heterocycles. The number of para-hydroxylation sites is 1. The largest absolute Gasteiger partial charge is 1.00 e. The Bertz CT molecular complexity index is 479. The van der Waals surface area contributed by atoms with Crippen LogP contribution < -0.4 is 42.8 Å². The van der Waals surface area contributed by atoms with Crippen LogP contribution in [-0.2, 0) is 0 Å². The molecular formula is C10H7Li2NO2. The van der Waals surface area contributed by atoms with Crippen molar-refractivity contribution < 1.29 is 47.6 Å². The minimum absolute atomic E-state index is 0. The van der Waals surface area contributed by atoms with Gasteiger partial charge < -0.3 is 14.5 Å². The van der Waals surface area contributed by atoms with Crippen LogP contribution in [0.15, 0.2) is 24.3 Å². The van der Waals surface area contributed by atoms with Gasteiger partial charge in [0.05, 0.1) is 6.09 Å². The maximum Gasteiger partial charge on any atom is 1.00 e. The van der Waals surface area contributed by atoms with E-state index in [4.69, 9.17) is 0 Å². The molecule has 2 aromatic rings. The Morgan fingerprint density at radius 3 is 2.53 bits per heavy atom. The number of benzene rings is 1. The van der Waals surface area contributed by atoms with Gasteiger partial charge in [-0.25, -0.2) is 0 Å². The Balaban J connectivity index is 0.000000980. The second-order valence-corrected chi connectivity index (χ2v) is 2.86. The normalized spacial score (nSPS) is 9.13. The van der Waals surface area contributed by atoms with E-state index in [0.29, 0.717) is 5.52 Å². The van der Waals surface area contributed by atoms with Gasteiger partial charge in [-0.05, 0) is 0 Å². The maximum atomic E-state index is 10.6. The number of aromatic nitrogens is 1. The predicted octanol–water partition coefficient (Wildman–Crippen LogP) is -5.05. The Morgan fingerprint density at radius 2 is 1.93 bits per heavy atom. The number of rotatable bonds is 0. The fourth-order valence-corrected chi connectivity index (χ4v) is 1.42. The van der Waals surface area contributed by atoms with Gasteiger partial charge in [0.2, 0.25) is 0 Å². The zero-order chi connectivity index (χ0) is 9.42. The molecule has 0 radical (unpaired) electrons. The van der Waals surface area contributed by atoms with Crippen LogP contribution in [0.2, 0.25) is 0 Å². The number of aryl methyl sites for hydroxylation is 1. The van der Waals surface area contributed by atoms with Crippen LogP contribution in [0.5, 0.6) is 0 Å². The molecule has 0 saturated heterocycles. The molecule has 15 heavy (non-hydrogen) atoms. The standard InChI is InChI=1S/C10H8NO2.2Li/c1-7-6-11(10(12)13)9-5-3-2-4-8(7)9;;/h2-5H,1H3,(H,12,13);;/q-1;2*+1/p-1. The first-order chi connectivity index (χ1) is 6.20. The topological polar surface area (TPSA) is 45.1 Å². The van der Waals surface area contributed by atoms with E-state index in [1.807, 2.05) is 19.1 Å². The average Bonchev–Trinajstić information content (AvgIpc) is 2.45. The first-order valence-corrected chi connectivity index (χ1v) is 3.91. The molecule has 0 aliphatic rings. The van der Waals surface area contributed by atoms with Crippen LogP contribution in [-0.4, -0.2) is 10.7 Å². The fraction of sp³-hybridized carbons (Fsp3) is 0.100. The molecule has 5 heteroatoms. The third-order valence-corrected chi connectivity index (χ3v) is 2.01. The number of carboxylic acid groups (broad SMARTS) is 1. The van der Waals surface area contributed by atoms with Crippen molar-refractivity contribution >= 4 is 17.0 Å². The molecule has 0 spiro atoms. The number of carbonyl (C=O) groups excluding carboxylic acids is 1. The predicted molar refractivity (Wildman–Crippen MR) is 46.3 cm³/mol. The zero-order valence-electron chi connectivity index (χ0n) is 9.07. The van der Waals surface area contributed by atoms with Gasteiger partial charge in [-0.15, -0.1) is 17.0 Å². The molecule has 1 aromatic heterocycles. The summed E-state index contributed by atoms with van der Waals surface area (Å²) in [4.78, 5) is 10.6. The van der Waals surface area contributed by atoms with Gasteiger partial charge >= 0.3 is 37.7 Å². The minimum Gasteiger partial charge on any atom is -0.587 e. The van der Waals surface area contributed by atoms with E-state index in [1.165, 1.54) is 0 Å². The molecule has 0 aliphatic heterocycles. The van der Waals surface area contributed by atoms with Crippen LogP contribution in [0, 0.1) is 13.1 Å². The molecule has 0 bridgehead atoms. The van der Waals surface area contributed by atoms with E-state index in [2.05, 4.69) is 6.20 Å². The summed E-state index contributed by atoms with van der Waals surface area (Å²) in [5.74, 6) is 0. The van der Waals surface area contributed by atoms with E-state index >= 15 is 0 Å². The van der Waals surface area contributed by atoms with Gasteiger partial charge in [0.15, 0.2) is 0 Å². The molecule has 0 unspecified atom stereocenters. The zero-order valence-corrected chi connectivity index (χ0v) is 9.07. The van der Waals surface area contributed by atoms with Gasteiger partial charge in [0, 0.05) is 0 Å². The van der Waals surface area contributed by atoms with Crippen molar-refractivity contribution in [1.29, 1.82) is 0 Å². The summed E-state index contributed by atoms with van der Waals surface area (Å²) >= 11 is 0. The van der Waals surface area contributed by atoms with Gasteiger partial charge in [-0.1, -0.05) is 36.8 Å². The van der Waals surface area contributed by atoms with Gasteiger partial charge in [0.1, 0.15) is 0 Å². The van der Waals surface area contributed by atoms with Crippen LogP contribution >= 0.6 is 0 Å². The molecular weight excluding hydrogens is 180 g/mol. The Labute approximate surface area is 112 Å². The average molecular weight is 187 g/mol. The van der Waals surface area contributed by atoms with Crippen molar-refractivity contribution in [3.05, 3.63) is 36.0 Å². The van der Waals surface area contributed by atoms with Crippen molar-refractivity contribution in [2.24, 2.45) is 0 Å². The van der Waals surface area contributed by atoms with E-state index in [-0.39, 0.29) is 37.7 Å². The summed E-state index contributed by atoms with van der Waals surface area (Å²) in [7, 11) is 0. The summed E-state index contributed by atoms with van der Waals surface area (Å²) < 4.78 is 1.00. The van der Waals surface area contributed by atoms with Crippen LogP contribution in [0.1, 0.15) is 5.56 Å². The van der Waals surface area contributed by atoms with Crippen molar-refractivity contribution in [2.75, 3.05) is 0 Å². The maximum absolute atomic E-state index is 10.6. The van der Waals surface area contributed by atoms with E-state index in [0.717, 1.165) is 15.5 Å². The molecule has 0 atom stereocenters. The van der Waals surface area contributed by atoms with Crippen LogP contribution in [0.3, 0.4) is 0 Å². The van der Waals surface area contributed by atoms with Crippen molar-refractivity contribution in [3.8, 4) is 0 Å². The molecule has 2 rings (SSSR count). The van der Waals surface area contributed by atoms with E-state index in [1.54, 1.807) is 12.1 Å². The van der Waals surface area contributed by atoms with Gasteiger partial charge in [-0.2, -0.15) is 0 Å². The van der Waals surface area contributed by atoms with E-state index in [9.17, 15) is 9.90 Å². The summed E-state index contributed by atoms with van der Waals surface area (Å²) in [5.41, 5.74) is 1.44. The van der Waals surface area contributed by atoms with Crippen LogP contribution in [0.4, 0.5) is 4.79 Å². The molecule has 66 valence electrons. The first kappa shape index (κ1) is 14.4. The van der Waals surface area contributed by atoms with Gasteiger partial charge in [-0.3, -0.25) is 0 Å². The van der Waals surface area contributed by atoms with Crippen molar-refractivity contribution in [1.82, 2.24) is 4.57 Å². The number of nitrogens with zero attached hydrogens (tertiary/aromatic N) is 1. The molecule has 0 aliphatic carbocycles. The summed E-state index contributed by atoms with van der Waals surface area (Å²) in [6, 6.07) is 7.24. The summed E-state index contributed by atoms with van der Waals surface area (Å²) in [6.07, 6.45) is 1.46. The smallest absolute Gasteiger partial charge is 0.587 e. The molecule has 1 aromatic carbocycles. The molecule has 3 nitrogen and oxygen atoms in total. The summed E-state index contributed by atoms with van der Waals surface area (Å²) in [5, 5.41) is 11.5. The van der Waals surface area contributed by atoms with E-state index < -0.39 is 6.09 Å². The monoisotopic (exact) mass is 187 g/mol.